The van der Waals surface area contributed by atoms with Gasteiger partial charge in [-0.1, -0.05) is 11.6 Å². The van der Waals surface area contributed by atoms with Gasteiger partial charge in [-0.05, 0) is 42.5 Å². The Kier molecular flexibility index (Phi) is 4.59. The maximum Gasteiger partial charge on any atom is 0.387 e. The molecule has 3 N–H and O–H groups in total. The summed E-state index contributed by atoms with van der Waals surface area (Å²) in [7, 11) is 0. The second kappa shape index (κ2) is 6.41. The SMILES string of the molecule is Nc1ccc(NC(=O)c2ccc(OC(F)F)cc2)c(Cl)c1. The summed E-state index contributed by atoms with van der Waals surface area (Å²) in [5, 5.41) is 2.91. The summed E-state index contributed by atoms with van der Waals surface area (Å²) in [5.41, 5.74) is 6.72. The van der Waals surface area contributed by atoms with E-state index in [2.05, 4.69) is 10.1 Å². The molecule has 0 saturated carbocycles. The predicted octanol–water partition coefficient (Wildman–Crippen LogP) is 3.78. The first-order valence-electron chi connectivity index (χ1n) is 5.87. The molecule has 2 aromatic carbocycles. The molecule has 2 aromatic rings. The van der Waals surface area contributed by atoms with Crippen molar-refractivity contribution >= 4 is 28.9 Å². The third-order valence-electron chi connectivity index (χ3n) is 2.58. The number of nitrogens with one attached hydrogen (secondary N) is 1. The van der Waals surface area contributed by atoms with Gasteiger partial charge in [0.15, 0.2) is 0 Å². The quantitative estimate of drug-likeness (QED) is 0.845. The minimum atomic E-state index is -2.90. The summed E-state index contributed by atoms with van der Waals surface area (Å²) in [5.74, 6) is -0.447. The van der Waals surface area contributed by atoms with Gasteiger partial charge in [0.1, 0.15) is 5.75 Å². The lowest BCUT2D eigenvalue weighted by atomic mass is 10.2. The molecule has 0 radical (unpaired) electrons. The lowest BCUT2D eigenvalue weighted by Crippen LogP contribution is -2.12. The largest absolute Gasteiger partial charge is 0.435 e. The zero-order valence-corrected chi connectivity index (χ0v) is 11.4. The highest BCUT2D eigenvalue weighted by molar-refractivity contribution is 6.34. The van der Waals surface area contributed by atoms with Crippen LogP contribution in [0.15, 0.2) is 42.5 Å². The summed E-state index contributed by atoms with van der Waals surface area (Å²) in [6.45, 7) is -2.90. The molecule has 0 aliphatic rings. The normalized spacial score (nSPS) is 10.5. The van der Waals surface area contributed by atoms with E-state index in [9.17, 15) is 13.6 Å². The van der Waals surface area contributed by atoms with Crippen molar-refractivity contribution in [1.82, 2.24) is 0 Å². The summed E-state index contributed by atoms with van der Waals surface area (Å²) in [6.07, 6.45) is 0. The van der Waals surface area contributed by atoms with E-state index in [1.165, 1.54) is 30.3 Å². The first-order chi connectivity index (χ1) is 9.95. The topological polar surface area (TPSA) is 64.3 Å². The van der Waals surface area contributed by atoms with Crippen molar-refractivity contribution in [2.45, 2.75) is 6.61 Å². The molecule has 0 saturated heterocycles. The van der Waals surface area contributed by atoms with E-state index in [-0.39, 0.29) is 11.3 Å². The molecule has 2 rings (SSSR count). The summed E-state index contributed by atoms with van der Waals surface area (Å²) >= 11 is 5.95. The van der Waals surface area contributed by atoms with Gasteiger partial charge in [0, 0.05) is 11.3 Å². The van der Waals surface area contributed by atoms with Gasteiger partial charge in [-0.2, -0.15) is 8.78 Å². The van der Waals surface area contributed by atoms with Crippen LogP contribution in [0.3, 0.4) is 0 Å². The zero-order valence-electron chi connectivity index (χ0n) is 10.6. The van der Waals surface area contributed by atoms with E-state index in [0.717, 1.165) is 0 Å². The average molecular weight is 313 g/mol. The van der Waals surface area contributed by atoms with E-state index >= 15 is 0 Å². The molecule has 0 fully saturated rings. The first-order valence-corrected chi connectivity index (χ1v) is 6.25. The Labute approximate surface area is 124 Å². The van der Waals surface area contributed by atoms with Crippen molar-refractivity contribution in [3.05, 3.63) is 53.1 Å². The number of rotatable bonds is 4. The number of hydrogen-bond donors (Lipinski definition) is 2. The van der Waals surface area contributed by atoms with Crippen molar-refractivity contribution in [3.8, 4) is 5.75 Å². The predicted molar refractivity (Wildman–Crippen MR) is 76.9 cm³/mol. The molecule has 0 bridgehead atoms. The summed E-state index contributed by atoms with van der Waals surface area (Å²) in [6, 6.07) is 10.00. The van der Waals surface area contributed by atoms with Gasteiger partial charge in [-0.25, -0.2) is 0 Å². The number of anilines is 2. The third kappa shape index (κ3) is 4.06. The molecule has 1 amide bonds. The Balaban J connectivity index is 2.09. The molecule has 0 aliphatic carbocycles. The fraction of sp³-hybridized carbons (Fsp3) is 0.0714. The van der Waals surface area contributed by atoms with Crippen LogP contribution in [0.4, 0.5) is 20.2 Å². The molecule has 0 atom stereocenters. The number of halogens is 3. The van der Waals surface area contributed by atoms with Gasteiger partial charge in [0.25, 0.3) is 5.91 Å². The monoisotopic (exact) mass is 312 g/mol. The number of carbonyl (C=O) groups excluding carboxylic acids is 1. The first kappa shape index (κ1) is 15.1. The smallest absolute Gasteiger partial charge is 0.387 e. The molecule has 0 unspecified atom stereocenters. The molecule has 110 valence electrons. The van der Waals surface area contributed by atoms with E-state index in [4.69, 9.17) is 17.3 Å². The van der Waals surface area contributed by atoms with E-state index in [0.29, 0.717) is 16.4 Å². The second-order valence-electron chi connectivity index (χ2n) is 4.10. The summed E-state index contributed by atoms with van der Waals surface area (Å²) < 4.78 is 28.2. The van der Waals surface area contributed by atoms with Gasteiger partial charge in [0.05, 0.1) is 10.7 Å². The van der Waals surface area contributed by atoms with Gasteiger partial charge < -0.3 is 15.8 Å². The molecule has 4 nitrogen and oxygen atoms in total. The Morgan fingerprint density at radius 1 is 1.19 bits per heavy atom. The van der Waals surface area contributed by atoms with Crippen LogP contribution in [0.25, 0.3) is 0 Å². The van der Waals surface area contributed by atoms with Crippen LogP contribution in [0.1, 0.15) is 10.4 Å². The molecule has 0 heterocycles. The highest BCUT2D eigenvalue weighted by Crippen LogP contribution is 2.25. The molecule has 0 spiro atoms. The van der Waals surface area contributed by atoms with Crippen LogP contribution in [-0.2, 0) is 0 Å². The maximum absolute atomic E-state index is 12.0. The van der Waals surface area contributed by atoms with Gasteiger partial charge >= 0.3 is 6.61 Å². The van der Waals surface area contributed by atoms with Gasteiger partial charge in [-0.3, -0.25) is 4.79 Å². The second-order valence-corrected chi connectivity index (χ2v) is 4.50. The number of benzene rings is 2. The van der Waals surface area contributed by atoms with Crippen LogP contribution in [0.5, 0.6) is 5.75 Å². The number of hydrogen-bond acceptors (Lipinski definition) is 3. The van der Waals surface area contributed by atoms with Crippen LogP contribution < -0.4 is 15.8 Å². The van der Waals surface area contributed by atoms with E-state index in [1.54, 1.807) is 12.1 Å². The van der Waals surface area contributed by atoms with E-state index in [1.807, 2.05) is 0 Å². The lowest BCUT2D eigenvalue weighted by molar-refractivity contribution is -0.0498. The highest BCUT2D eigenvalue weighted by atomic mass is 35.5. The summed E-state index contributed by atoms with van der Waals surface area (Å²) in [4.78, 5) is 12.0. The molecule has 0 aromatic heterocycles. The van der Waals surface area contributed by atoms with Crippen molar-refractivity contribution < 1.29 is 18.3 Å². The van der Waals surface area contributed by atoms with Crippen molar-refractivity contribution in [2.24, 2.45) is 0 Å². The fourth-order valence-corrected chi connectivity index (χ4v) is 1.85. The number of amides is 1. The molecular weight excluding hydrogens is 302 g/mol. The van der Waals surface area contributed by atoms with Crippen molar-refractivity contribution in [3.63, 3.8) is 0 Å². The number of nitrogens with two attached hydrogens (primary N) is 1. The van der Waals surface area contributed by atoms with Gasteiger partial charge in [0.2, 0.25) is 0 Å². The fourth-order valence-electron chi connectivity index (χ4n) is 1.61. The van der Waals surface area contributed by atoms with Crippen LogP contribution in [-0.4, -0.2) is 12.5 Å². The Morgan fingerprint density at radius 3 is 2.43 bits per heavy atom. The zero-order chi connectivity index (χ0) is 15.4. The number of ether oxygens (including phenoxy) is 1. The Morgan fingerprint density at radius 2 is 1.86 bits per heavy atom. The lowest BCUT2D eigenvalue weighted by Gasteiger charge is -2.09. The number of nitrogen functional groups attached to an aromatic ring is 1. The third-order valence-corrected chi connectivity index (χ3v) is 2.90. The van der Waals surface area contributed by atoms with Crippen LogP contribution in [0, 0.1) is 0 Å². The molecule has 0 aliphatic heterocycles. The molecular formula is C14H11ClF2N2O2. The van der Waals surface area contributed by atoms with Gasteiger partial charge in [-0.15, -0.1) is 0 Å². The Bertz CT molecular complexity index is 648. The standard InChI is InChI=1S/C14H11ClF2N2O2/c15-11-7-9(18)3-6-12(11)19-13(20)8-1-4-10(5-2-8)21-14(16)17/h1-7,14H,18H2,(H,19,20). The van der Waals surface area contributed by atoms with Crippen molar-refractivity contribution in [2.75, 3.05) is 11.1 Å². The number of alkyl halides is 2. The van der Waals surface area contributed by atoms with Crippen LogP contribution in [0.2, 0.25) is 5.02 Å². The van der Waals surface area contributed by atoms with Crippen molar-refractivity contribution in [1.29, 1.82) is 0 Å². The number of carbonyl (C=O) groups is 1. The molecule has 7 heteroatoms. The highest BCUT2D eigenvalue weighted by Gasteiger charge is 2.10. The minimum absolute atomic E-state index is 0.0212. The molecule has 21 heavy (non-hydrogen) atoms. The van der Waals surface area contributed by atoms with E-state index < -0.39 is 12.5 Å². The Hall–Kier alpha value is -2.34. The van der Waals surface area contributed by atoms with Crippen LogP contribution >= 0.6 is 11.6 Å². The average Bonchev–Trinajstić information content (AvgIpc) is 2.42. The minimum Gasteiger partial charge on any atom is -0.435 e. The maximum atomic E-state index is 12.0.